The fourth-order valence-corrected chi connectivity index (χ4v) is 2.16. The van der Waals surface area contributed by atoms with E-state index in [0.717, 1.165) is 11.1 Å². The standard InChI is InChI=1S/C18H15Cl2NO3/c1-12-5-7-13(8-6-12)9-10-17(23)24-11-16(22)21-15-4-2-3-14(19)18(15)20/h2-10H,11H2,1H3,(H,21,22). The molecule has 124 valence electrons. The predicted octanol–water partition coefficient (Wildman–Crippen LogP) is 4.50. The zero-order chi connectivity index (χ0) is 17.5. The number of amides is 1. The number of ether oxygens (including phenoxy) is 1. The number of aryl methyl sites for hydroxylation is 1. The van der Waals surface area contributed by atoms with Crippen LogP contribution < -0.4 is 5.32 Å². The Morgan fingerprint density at radius 3 is 2.54 bits per heavy atom. The molecule has 0 heterocycles. The third-order valence-corrected chi connectivity index (χ3v) is 3.88. The van der Waals surface area contributed by atoms with Crippen LogP contribution in [0, 0.1) is 6.92 Å². The monoisotopic (exact) mass is 363 g/mol. The molecular formula is C18H15Cl2NO3. The first kappa shape index (κ1) is 18.0. The van der Waals surface area contributed by atoms with Crippen molar-refractivity contribution in [2.45, 2.75) is 6.92 Å². The third kappa shape index (κ3) is 5.41. The minimum atomic E-state index is -0.608. The Kier molecular flexibility index (Phi) is 6.41. The van der Waals surface area contributed by atoms with Crippen LogP contribution in [0.5, 0.6) is 0 Å². The predicted molar refractivity (Wildman–Crippen MR) is 96.3 cm³/mol. The van der Waals surface area contributed by atoms with E-state index in [2.05, 4.69) is 5.32 Å². The Morgan fingerprint density at radius 2 is 1.83 bits per heavy atom. The summed E-state index contributed by atoms with van der Waals surface area (Å²) in [6.07, 6.45) is 2.89. The Bertz CT molecular complexity index is 770. The maximum atomic E-state index is 11.8. The topological polar surface area (TPSA) is 55.4 Å². The summed E-state index contributed by atoms with van der Waals surface area (Å²) in [5, 5.41) is 3.09. The minimum absolute atomic E-state index is 0.234. The van der Waals surface area contributed by atoms with Gasteiger partial charge in [0.2, 0.25) is 0 Å². The van der Waals surface area contributed by atoms with E-state index < -0.39 is 18.5 Å². The van der Waals surface area contributed by atoms with Gasteiger partial charge < -0.3 is 10.1 Å². The zero-order valence-corrected chi connectivity index (χ0v) is 14.4. The van der Waals surface area contributed by atoms with E-state index in [4.69, 9.17) is 27.9 Å². The fourth-order valence-electron chi connectivity index (χ4n) is 1.81. The van der Waals surface area contributed by atoms with Crippen molar-refractivity contribution in [3.8, 4) is 0 Å². The summed E-state index contributed by atoms with van der Waals surface area (Å²) >= 11 is 11.8. The molecule has 0 bridgehead atoms. The van der Waals surface area contributed by atoms with Gasteiger partial charge >= 0.3 is 5.97 Å². The molecule has 0 radical (unpaired) electrons. The molecule has 2 aromatic rings. The molecule has 2 aromatic carbocycles. The smallest absolute Gasteiger partial charge is 0.331 e. The summed E-state index contributed by atoms with van der Waals surface area (Å²) in [5.74, 6) is -1.11. The average molecular weight is 364 g/mol. The van der Waals surface area contributed by atoms with E-state index in [1.54, 1.807) is 24.3 Å². The second kappa shape index (κ2) is 8.52. The number of nitrogens with one attached hydrogen (secondary N) is 1. The van der Waals surface area contributed by atoms with E-state index in [1.165, 1.54) is 6.08 Å². The van der Waals surface area contributed by atoms with Crippen LogP contribution in [-0.4, -0.2) is 18.5 Å². The van der Waals surface area contributed by atoms with Crippen LogP contribution in [0.15, 0.2) is 48.5 Å². The SMILES string of the molecule is Cc1ccc(C=CC(=O)OCC(=O)Nc2cccc(Cl)c2Cl)cc1. The van der Waals surface area contributed by atoms with Crippen molar-refractivity contribution < 1.29 is 14.3 Å². The van der Waals surface area contributed by atoms with Crippen LogP contribution in [-0.2, 0) is 14.3 Å². The Morgan fingerprint density at radius 1 is 1.12 bits per heavy atom. The molecule has 6 heteroatoms. The summed E-state index contributed by atoms with van der Waals surface area (Å²) in [4.78, 5) is 23.4. The molecule has 0 aliphatic carbocycles. The highest BCUT2D eigenvalue weighted by molar-refractivity contribution is 6.44. The normalized spacial score (nSPS) is 10.6. The largest absolute Gasteiger partial charge is 0.452 e. The Balaban J connectivity index is 1.84. The van der Waals surface area contributed by atoms with Gasteiger partial charge in [-0.2, -0.15) is 0 Å². The lowest BCUT2D eigenvalue weighted by atomic mass is 10.1. The average Bonchev–Trinajstić information content (AvgIpc) is 2.56. The summed E-state index contributed by atoms with van der Waals surface area (Å²) in [7, 11) is 0. The number of carbonyl (C=O) groups excluding carboxylic acids is 2. The van der Waals surface area contributed by atoms with Crippen LogP contribution in [0.3, 0.4) is 0 Å². The van der Waals surface area contributed by atoms with Crippen molar-refractivity contribution >= 4 is 46.8 Å². The van der Waals surface area contributed by atoms with Crippen molar-refractivity contribution in [1.82, 2.24) is 0 Å². The van der Waals surface area contributed by atoms with Gasteiger partial charge in [0.25, 0.3) is 5.91 Å². The molecular weight excluding hydrogens is 349 g/mol. The third-order valence-electron chi connectivity index (χ3n) is 3.06. The van der Waals surface area contributed by atoms with Crippen LogP contribution in [0.1, 0.15) is 11.1 Å². The number of halogens is 2. The molecule has 24 heavy (non-hydrogen) atoms. The zero-order valence-electron chi connectivity index (χ0n) is 12.9. The molecule has 1 amide bonds. The summed E-state index contributed by atoms with van der Waals surface area (Å²) in [5.41, 5.74) is 2.36. The van der Waals surface area contributed by atoms with Gasteiger partial charge in [0.15, 0.2) is 6.61 Å². The summed E-state index contributed by atoms with van der Waals surface area (Å²) in [6, 6.07) is 12.5. The fraction of sp³-hybridized carbons (Fsp3) is 0.111. The lowest BCUT2D eigenvalue weighted by molar-refractivity contribution is -0.142. The van der Waals surface area contributed by atoms with E-state index in [1.807, 2.05) is 31.2 Å². The molecule has 0 saturated heterocycles. The van der Waals surface area contributed by atoms with Gasteiger partial charge in [-0.05, 0) is 30.7 Å². The van der Waals surface area contributed by atoms with Gasteiger partial charge in [-0.15, -0.1) is 0 Å². The molecule has 0 saturated carbocycles. The summed E-state index contributed by atoms with van der Waals surface area (Å²) < 4.78 is 4.88. The molecule has 0 aromatic heterocycles. The second-order valence-corrected chi connectivity index (χ2v) is 5.79. The number of hydrogen-bond donors (Lipinski definition) is 1. The molecule has 0 fully saturated rings. The van der Waals surface area contributed by atoms with Gasteiger partial charge in [-0.3, -0.25) is 4.79 Å². The van der Waals surface area contributed by atoms with Gasteiger partial charge in [0.1, 0.15) is 0 Å². The molecule has 4 nitrogen and oxygen atoms in total. The first-order valence-corrected chi connectivity index (χ1v) is 7.86. The Labute approximate surface area is 150 Å². The maximum Gasteiger partial charge on any atom is 0.331 e. The van der Waals surface area contributed by atoms with E-state index in [9.17, 15) is 9.59 Å². The van der Waals surface area contributed by atoms with E-state index in [0.29, 0.717) is 10.7 Å². The van der Waals surface area contributed by atoms with Crippen molar-refractivity contribution in [1.29, 1.82) is 0 Å². The molecule has 0 aliphatic rings. The van der Waals surface area contributed by atoms with E-state index >= 15 is 0 Å². The number of hydrogen-bond acceptors (Lipinski definition) is 3. The van der Waals surface area contributed by atoms with Gasteiger partial charge in [0, 0.05) is 6.08 Å². The van der Waals surface area contributed by atoms with Crippen LogP contribution in [0.25, 0.3) is 6.08 Å². The molecule has 0 unspecified atom stereocenters. The molecule has 0 aliphatic heterocycles. The van der Waals surface area contributed by atoms with Gasteiger partial charge in [-0.1, -0.05) is 59.1 Å². The quantitative estimate of drug-likeness (QED) is 0.628. The number of carbonyl (C=O) groups is 2. The van der Waals surface area contributed by atoms with Crippen LogP contribution in [0.4, 0.5) is 5.69 Å². The molecule has 1 N–H and O–H groups in total. The summed E-state index contributed by atoms with van der Waals surface area (Å²) in [6.45, 7) is 1.56. The second-order valence-electron chi connectivity index (χ2n) is 5.00. The number of rotatable bonds is 5. The highest BCUT2D eigenvalue weighted by Gasteiger charge is 2.09. The van der Waals surface area contributed by atoms with Crippen molar-refractivity contribution in [2.75, 3.05) is 11.9 Å². The van der Waals surface area contributed by atoms with Crippen molar-refractivity contribution in [3.63, 3.8) is 0 Å². The number of esters is 1. The first-order valence-electron chi connectivity index (χ1n) is 7.11. The highest BCUT2D eigenvalue weighted by Crippen LogP contribution is 2.29. The highest BCUT2D eigenvalue weighted by atomic mass is 35.5. The van der Waals surface area contributed by atoms with E-state index in [-0.39, 0.29) is 5.02 Å². The lowest BCUT2D eigenvalue weighted by Gasteiger charge is -2.08. The Hall–Kier alpha value is -2.30. The number of anilines is 1. The minimum Gasteiger partial charge on any atom is -0.452 e. The van der Waals surface area contributed by atoms with Crippen LogP contribution in [0.2, 0.25) is 10.0 Å². The number of benzene rings is 2. The molecule has 2 rings (SSSR count). The lowest BCUT2D eigenvalue weighted by Crippen LogP contribution is -2.20. The maximum absolute atomic E-state index is 11.8. The molecule has 0 atom stereocenters. The van der Waals surface area contributed by atoms with Gasteiger partial charge in [0.05, 0.1) is 15.7 Å². The van der Waals surface area contributed by atoms with Crippen molar-refractivity contribution in [2.24, 2.45) is 0 Å². The molecule has 0 spiro atoms. The van der Waals surface area contributed by atoms with Gasteiger partial charge in [-0.25, -0.2) is 4.79 Å². The first-order chi connectivity index (χ1) is 11.5. The van der Waals surface area contributed by atoms with Crippen molar-refractivity contribution in [3.05, 3.63) is 69.7 Å². The van der Waals surface area contributed by atoms with Crippen LogP contribution >= 0.6 is 23.2 Å².